The zero-order chi connectivity index (χ0) is 27.7. The highest BCUT2D eigenvalue weighted by Gasteiger charge is 2.28. The monoisotopic (exact) mass is 549 g/mol. The first-order chi connectivity index (χ1) is 18.8. The molecule has 1 aliphatic rings. The van der Waals surface area contributed by atoms with Gasteiger partial charge in [0, 0.05) is 41.7 Å². The number of hydrogen-bond acceptors (Lipinski definition) is 5. The van der Waals surface area contributed by atoms with Crippen LogP contribution in [0.25, 0.3) is 22.0 Å². The number of para-hydroxylation sites is 1. The second-order valence-corrected chi connectivity index (χ2v) is 10.5. The van der Waals surface area contributed by atoms with Crippen LogP contribution in [0.2, 0.25) is 5.02 Å². The van der Waals surface area contributed by atoms with E-state index in [4.69, 9.17) is 30.9 Å². The van der Waals surface area contributed by atoms with E-state index in [1.807, 2.05) is 51.6 Å². The summed E-state index contributed by atoms with van der Waals surface area (Å²) < 4.78 is 21.8. The van der Waals surface area contributed by atoms with Gasteiger partial charge in [-0.15, -0.1) is 0 Å². The van der Waals surface area contributed by atoms with Gasteiger partial charge in [-0.1, -0.05) is 29.8 Å². The second kappa shape index (κ2) is 11.4. The van der Waals surface area contributed by atoms with Crippen molar-refractivity contribution >= 4 is 28.5 Å². The number of fused-ring (bicyclic) bond motifs is 2. The maximum absolute atomic E-state index is 13.4. The van der Waals surface area contributed by atoms with Gasteiger partial charge in [0.05, 0.1) is 36.7 Å². The van der Waals surface area contributed by atoms with Gasteiger partial charge in [0.1, 0.15) is 11.4 Å². The molecule has 0 fully saturated rings. The summed E-state index contributed by atoms with van der Waals surface area (Å²) in [7, 11) is 1.96. The summed E-state index contributed by atoms with van der Waals surface area (Å²) in [6.45, 7) is 10.4. The molecule has 39 heavy (non-hydrogen) atoms. The predicted molar refractivity (Wildman–Crippen MR) is 154 cm³/mol. The van der Waals surface area contributed by atoms with Gasteiger partial charge < -0.3 is 18.8 Å². The van der Waals surface area contributed by atoms with Gasteiger partial charge in [0.15, 0.2) is 0 Å². The van der Waals surface area contributed by atoms with Crippen molar-refractivity contribution in [3.05, 3.63) is 69.1 Å². The third-order valence-electron chi connectivity index (χ3n) is 7.42. The minimum atomic E-state index is -0.291. The lowest BCUT2D eigenvalue weighted by molar-refractivity contribution is 0.0511. The maximum Gasteiger partial charge on any atom is 0.355 e. The van der Waals surface area contributed by atoms with Crippen molar-refractivity contribution in [2.24, 2.45) is 7.05 Å². The van der Waals surface area contributed by atoms with Gasteiger partial charge in [-0.2, -0.15) is 5.10 Å². The Morgan fingerprint density at radius 2 is 1.95 bits per heavy atom. The van der Waals surface area contributed by atoms with Crippen molar-refractivity contribution in [2.75, 3.05) is 19.8 Å². The molecular weight excluding hydrogens is 514 g/mol. The highest BCUT2D eigenvalue weighted by atomic mass is 35.5. The average molecular weight is 550 g/mol. The Morgan fingerprint density at radius 3 is 2.69 bits per heavy atom. The Labute approximate surface area is 234 Å². The average Bonchev–Trinajstić information content (AvgIpc) is 3.37. The van der Waals surface area contributed by atoms with Gasteiger partial charge in [0.25, 0.3) is 0 Å². The van der Waals surface area contributed by atoms with E-state index in [-0.39, 0.29) is 5.97 Å². The van der Waals surface area contributed by atoms with Crippen LogP contribution in [0.4, 0.5) is 0 Å². The van der Waals surface area contributed by atoms with Gasteiger partial charge in [0.2, 0.25) is 0 Å². The zero-order valence-corrected chi connectivity index (χ0v) is 24.2. The summed E-state index contributed by atoms with van der Waals surface area (Å²) in [4.78, 5) is 13.4. The van der Waals surface area contributed by atoms with Gasteiger partial charge in [-0.05, 0) is 75.8 Å². The summed E-state index contributed by atoms with van der Waals surface area (Å²) >= 11 is 6.32. The molecule has 0 unspecified atom stereocenters. The molecule has 2 aromatic carbocycles. The van der Waals surface area contributed by atoms with Crippen molar-refractivity contribution in [1.82, 2.24) is 14.3 Å². The van der Waals surface area contributed by atoms with Crippen LogP contribution in [-0.2, 0) is 36.1 Å². The largest absolute Gasteiger partial charge is 0.494 e. The summed E-state index contributed by atoms with van der Waals surface area (Å²) in [6.07, 6.45) is 2.22. The van der Waals surface area contributed by atoms with Crippen LogP contribution >= 0.6 is 11.6 Å². The molecule has 0 atom stereocenters. The molecule has 0 N–H and O–H groups in total. The van der Waals surface area contributed by atoms with Crippen molar-refractivity contribution < 1.29 is 19.0 Å². The normalized spacial score (nSPS) is 13.4. The Bertz CT molecular complexity index is 1510. The minimum Gasteiger partial charge on any atom is -0.494 e. The number of ether oxygens (including phenoxy) is 3. The predicted octanol–water partition coefficient (Wildman–Crippen LogP) is 6.73. The molecule has 4 aromatic rings. The van der Waals surface area contributed by atoms with Gasteiger partial charge in [-0.25, -0.2) is 4.79 Å². The number of carbonyl (C=O) groups is 1. The Morgan fingerprint density at radius 1 is 1.18 bits per heavy atom. The first kappa shape index (κ1) is 27.3. The number of rotatable bonds is 7. The van der Waals surface area contributed by atoms with E-state index in [1.54, 1.807) is 0 Å². The Kier molecular flexibility index (Phi) is 8.01. The molecule has 3 heterocycles. The van der Waals surface area contributed by atoms with Crippen molar-refractivity contribution in [3.63, 3.8) is 0 Å². The number of hydrogen-bond donors (Lipinski definition) is 0. The van der Waals surface area contributed by atoms with E-state index in [1.165, 1.54) is 0 Å². The quantitative estimate of drug-likeness (QED) is 0.189. The number of aromatic nitrogens is 3. The molecule has 0 spiro atoms. The highest BCUT2D eigenvalue weighted by molar-refractivity contribution is 6.32. The van der Waals surface area contributed by atoms with Gasteiger partial charge >= 0.3 is 5.97 Å². The molecule has 8 heteroatoms. The van der Waals surface area contributed by atoms with Crippen LogP contribution in [0.3, 0.4) is 0 Å². The Balaban J connectivity index is 1.57. The lowest BCUT2D eigenvalue weighted by Gasteiger charge is -2.16. The summed E-state index contributed by atoms with van der Waals surface area (Å²) in [5.74, 6) is 0.517. The third-order valence-corrected chi connectivity index (χ3v) is 8.02. The molecule has 2 aromatic heterocycles. The number of carbonyl (C=O) groups excluding carboxylic acids is 1. The smallest absolute Gasteiger partial charge is 0.355 e. The summed E-state index contributed by atoms with van der Waals surface area (Å²) in [6, 6.07) is 10.2. The molecule has 1 aliphatic heterocycles. The van der Waals surface area contributed by atoms with Crippen LogP contribution in [0.1, 0.15) is 58.3 Å². The first-order valence-corrected chi connectivity index (χ1v) is 14.0. The van der Waals surface area contributed by atoms with E-state index in [9.17, 15) is 4.79 Å². The number of aryl methyl sites for hydroxylation is 6. The van der Waals surface area contributed by atoms with Crippen LogP contribution in [0, 0.1) is 20.8 Å². The fourth-order valence-electron chi connectivity index (χ4n) is 5.74. The van der Waals surface area contributed by atoms with E-state index >= 15 is 0 Å². The highest BCUT2D eigenvalue weighted by Crippen LogP contribution is 2.39. The molecule has 0 bridgehead atoms. The molecule has 0 radical (unpaired) electrons. The lowest BCUT2D eigenvalue weighted by atomic mass is 9.98. The van der Waals surface area contributed by atoms with E-state index < -0.39 is 0 Å². The first-order valence-electron chi connectivity index (χ1n) is 13.6. The zero-order valence-electron chi connectivity index (χ0n) is 23.4. The number of halogens is 1. The summed E-state index contributed by atoms with van der Waals surface area (Å²) in [5, 5.41) is 6.55. The molecular formula is C31H36ClN3O4. The van der Waals surface area contributed by atoms with E-state index in [2.05, 4.69) is 22.8 Å². The van der Waals surface area contributed by atoms with Crippen molar-refractivity contribution in [1.29, 1.82) is 0 Å². The van der Waals surface area contributed by atoms with Gasteiger partial charge in [-0.3, -0.25) is 4.68 Å². The maximum atomic E-state index is 13.4. The molecule has 0 aliphatic carbocycles. The van der Waals surface area contributed by atoms with E-state index in [0.29, 0.717) is 45.1 Å². The lowest BCUT2D eigenvalue weighted by Crippen LogP contribution is -2.16. The fraction of sp³-hybridized carbons (Fsp3) is 0.419. The fourth-order valence-corrected chi connectivity index (χ4v) is 5.84. The molecule has 0 saturated heterocycles. The molecule has 206 valence electrons. The second-order valence-electron chi connectivity index (χ2n) is 10.2. The van der Waals surface area contributed by atoms with Crippen molar-refractivity contribution in [2.45, 2.75) is 60.1 Å². The number of nitrogens with zero attached hydrogens (tertiary/aromatic N) is 3. The molecule has 7 nitrogen and oxygen atoms in total. The number of esters is 1. The number of benzene rings is 2. The van der Waals surface area contributed by atoms with Crippen LogP contribution < -0.4 is 4.74 Å². The van der Waals surface area contributed by atoms with E-state index in [0.717, 1.165) is 73.7 Å². The SMILES string of the molecule is CCOC(=O)c1c(CCCOc2cc(C)c(Cl)c(C)c2)c2cccc3c2n1CCCOCc1c-3c(C)nn1C. The molecule has 0 amide bonds. The molecule has 0 saturated carbocycles. The van der Waals surface area contributed by atoms with Crippen LogP contribution in [0.5, 0.6) is 5.75 Å². The Hall–Kier alpha value is -3.29. The van der Waals surface area contributed by atoms with Crippen molar-refractivity contribution in [3.8, 4) is 16.9 Å². The summed E-state index contributed by atoms with van der Waals surface area (Å²) in [5.41, 5.74) is 8.80. The topological polar surface area (TPSA) is 67.5 Å². The van der Waals surface area contributed by atoms with Crippen LogP contribution in [0.15, 0.2) is 30.3 Å². The minimum absolute atomic E-state index is 0.291. The molecule has 5 rings (SSSR count). The standard InChI is InChI=1S/C31H36ClN3O4/c1-6-38-31(36)30-24(12-8-15-39-22-16-19(2)28(32)20(3)17-22)23-10-7-11-25-27-21(4)33-34(5)26(27)18-37-14-9-13-35(30)29(23)25/h7,10-11,16-17H,6,8-9,12-15,18H2,1-5H3. The van der Waals surface area contributed by atoms with Crippen LogP contribution in [-0.4, -0.2) is 40.1 Å². The third kappa shape index (κ3) is 5.18.